The molecule has 20 heavy (non-hydrogen) atoms. The van der Waals surface area contributed by atoms with Gasteiger partial charge in [-0.1, -0.05) is 6.92 Å². The molecule has 0 radical (unpaired) electrons. The van der Waals surface area contributed by atoms with E-state index in [1.165, 1.54) is 19.3 Å². The van der Waals surface area contributed by atoms with E-state index in [0.29, 0.717) is 6.54 Å². The predicted octanol–water partition coefficient (Wildman–Crippen LogP) is 3.76. The van der Waals surface area contributed by atoms with Crippen molar-refractivity contribution in [2.75, 3.05) is 26.7 Å². The van der Waals surface area contributed by atoms with Crippen LogP contribution in [0, 0.1) is 5.92 Å². The van der Waals surface area contributed by atoms with Crippen LogP contribution in [-0.4, -0.2) is 37.4 Å². The van der Waals surface area contributed by atoms with Crippen molar-refractivity contribution in [2.24, 2.45) is 5.92 Å². The Hall–Kier alpha value is -0.870. The van der Waals surface area contributed by atoms with Gasteiger partial charge in [0.15, 0.2) is 5.78 Å². The van der Waals surface area contributed by atoms with Crippen LogP contribution in [0.25, 0.3) is 0 Å². The molecule has 0 aromatic heterocycles. The Balaban J connectivity index is 1.99. The molecule has 1 heterocycles. The second-order valence-electron chi connectivity index (χ2n) is 5.58. The molecule has 1 aromatic rings. The molecule has 1 aliphatic heterocycles. The van der Waals surface area contributed by atoms with E-state index in [0.717, 1.165) is 34.8 Å². The van der Waals surface area contributed by atoms with E-state index < -0.39 is 0 Å². The Morgan fingerprint density at radius 3 is 2.90 bits per heavy atom. The van der Waals surface area contributed by atoms with E-state index in [1.54, 1.807) is 7.11 Å². The fraction of sp³-hybridized carbons (Fsp3) is 0.562. The summed E-state index contributed by atoms with van der Waals surface area (Å²) in [5.41, 5.74) is 0.745. The van der Waals surface area contributed by atoms with E-state index in [-0.39, 0.29) is 5.78 Å². The molecule has 1 aliphatic rings. The van der Waals surface area contributed by atoms with Crippen LogP contribution < -0.4 is 4.74 Å². The van der Waals surface area contributed by atoms with Crippen molar-refractivity contribution in [1.82, 2.24) is 4.90 Å². The lowest BCUT2D eigenvalue weighted by Gasteiger charge is -2.19. The molecule has 4 heteroatoms. The maximum Gasteiger partial charge on any atom is 0.176 e. The number of ketones is 1. The molecule has 0 N–H and O–H groups in total. The van der Waals surface area contributed by atoms with Gasteiger partial charge in [-0.3, -0.25) is 9.69 Å². The normalized spacial score (nSPS) is 20.4. The van der Waals surface area contributed by atoms with E-state index in [9.17, 15) is 4.79 Å². The van der Waals surface area contributed by atoms with Crippen LogP contribution in [0.1, 0.15) is 36.5 Å². The maximum atomic E-state index is 12.4. The Kier molecular flexibility index (Phi) is 5.61. The smallest absolute Gasteiger partial charge is 0.176 e. The van der Waals surface area contributed by atoms with Crippen LogP contribution in [0.2, 0.25) is 0 Å². The van der Waals surface area contributed by atoms with Crippen molar-refractivity contribution in [1.29, 1.82) is 0 Å². The van der Waals surface area contributed by atoms with E-state index in [2.05, 4.69) is 27.8 Å². The maximum absolute atomic E-state index is 12.4. The molecular formula is C16H22BrNO2. The monoisotopic (exact) mass is 339 g/mol. The third kappa shape index (κ3) is 4.06. The zero-order chi connectivity index (χ0) is 14.5. The fourth-order valence-electron chi connectivity index (χ4n) is 2.61. The SMILES string of the molecule is COc1ccc(C(=O)CN2CCCC(C)CC2)cc1Br. The topological polar surface area (TPSA) is 29.5 Å². The van der Waals surface area contributed by atoms with Crippen molar-refractivity contribution in [3.05, 3.63) is 28.2 Å². The minimum absolute atomic E-state index is 0.183. The predicted molar refractivity (Wildman–Crippen MR) is 84.5 cm³/mol. The fourth-order valence-corrected chi connectivity index (χ4v) is 3.16. The van der Waals surface area contributed by atoms with Gasteiger partial charge in [-0.15, -0.1) is 0 Å². The van der Waals surface area contributed by atoms with Gasteiger partial charge in [0.25, 0.3) is 0 Å². The molecule has 110 valence electrons. The van der Waals surface area contributed by atoms with E-state index >= 15 is 0 Å². The first-order chi connectivity index (χ1) is 9.60. The second kappa shape index (κ2) is 7.23. The van der Waals surface area contributed by atoms with E-state index in [1.807, 2.05) is 18.2 Å². The number of hydrogen-bond donors (Lipinski definition) is 0. The molecular weight excluding hydrogens is 318 g/mol. The number of likely N-dealkylation sites (tertiary alicyclic amines) is 1. The van der Waals surface area contributed by atoms with Crippen molar-refractivity contribution in [2.45, 2.75) is 26.2 Å². The van der Waals surface area contributed by atoms with Gasteiger partial charge < -0.3 is 4.74 Å². The van der Waals surface area contributed by atoms with Crippen molar-refractivity contribution >= 4 is 21.7 Å². The van der Waals surface area contributed by atoms with Gasteiger partial charge in [-0.2, -0.15) is 0 Å². The summed E-state index contributed by atoms with van der Waals surface area (Å²) >= 11 is 3.43. The van der Waals surface area contributed by atoms with Crippen LogP contribution >= 0.6 is 15.9 Å². The molecule has 0 amide bonds. The molecule has 0 saturated carbocycles. The number of nitrogens with zero attached hydrogens (tertiary/aromatic N) is 1. The zero-order valence-electron chi connectivity index (χ0n) is 12.2. The van der Waals surface area contributed by atoms with Gasteiger partial charge in [0.1, 0.15) is 5.75 Å². The van der Waals surface area contributed by atoms with Crippen molar-refractivity contribution in [3.8, 4) is 5.75 Å². The summed E-state index contributed by atoms with van der Waals surface area (Å²) in [6.07, 6.45) is 3.67. The molecule has 0 bridgehead atoms. The highest BCUT2D eigenvalue weighted by molar-refractivity contribution is 9.10. The largest absolute Gasteiger partial charge is 0.496 e. The Bertz CT molecular complexity index is 476. The quantitative estimate of drug-likeness (QED) is 0.782. The summed E-state index contributed by atoms with van der Waals surface area (Å²) < 4.78 is 6.02. The molecule has 1 atom stereocenters. The Morgan fingerprint density at radius 1 is 1.40 bits per heavy atom. The second-order valence-corrected chi connectivity index (χ2v) is 6.44. The molecule has 2 rings (SSSR count). The van der Waals surface area contributed by atoms with Crippen LogP contribution in [0.5, 0.6) is 5.75 Å². The lowest BCUT2D eigenvalue weighted by molar-refractivity contribution is 0.0932. The average Bonchev–Trinajstić information content (AvgIpc) is 2.63. The summed E-state index contributed by atoms with van der Waals surface area (Å²) in [5, 5.41) is 0. The van der Waals surface area contributed by atoms with Gasteiger partial charge in [0.2, 0.25) is 0 Å². The lowest BCUT2D eigenvalue weighted by atomic mass is 10.0. The Labute approximate surface area is 129 Å². The highest BCUT2D eigenvalue weighted by atomic mass is 79.9. The standard InChI is InChI=1S/C16H22BrNO2/c1-12-4-3-8-18(9-7-12)11-15(19)13-5-6-16(20-2)14(17)10-13/h5-6,10,12H,3-4,7-9,11H2,1-2H3. The van der Waals surface area contributed by atoms with Crippen LogP contribution in [-0.2, 0) is 0 Å². The van der Waals surface area contributed by atoms with Gasteiger partial charge in [0, 0.05) is 5.56 Å². The average molecular weight is 340 g/mol. The van der Waals surface area contributed by atoms with Gasteiger partial charge >= 0.3 is 0 Å². The highest BCUT2D eigenvalue weighted by Gasteiger charge is 2.17. The molecule has 1 aromatic carbocycles. The minimum atomic E-state index is 0.183. The molecule has 0 spiro atoms. The number of hydrogen-bond acceptors (Lipinski definition) is 3. The third-order valence-electron chi connectivity index (χ3n) is 3.95. The van der Waals surface area contributed by atoms with Crippen molar-refractivity contribution in [3.63, 3.8) is 0 Å². The highest BCUT2D eigenvalue weighted by Crippen LogP contribution is 2.26. The summed E-state index contributed by atoms with van der Waals surface area (Å²) in [6, 6.07) is 5.52. The summed E-state index contributed by atoms with van der Waals surface area (Å²) in [4.78, 5) is 14.6. The number of halogens is 1. The summed E-state index contributed by atoms with van der Waals surface area (Å²) in [7, 11) is 1.62. The molecule has 1 fully saturated rings. The first-order valence-corrected chi connectivity index (χ1v) is 7.98. The Morgan fingerprint density at radius 2 is 2.20 bits per heavy atom. The number of Topliss-reactive ketones (excluding diaryl/α,β-unsaturated/α-hetero) is 1. The van der Waals surface area contributed by atoms with Crippen molar-refractivity contribution < 1.29 is 9.53 Å². The van der Waals surface area contributed by atoms with Crippen LogP contribution in [0.4, 0.5) is 0 Å². The summed E-state index contributed by atoms with van der Waals surface area (Å²) in [6.45, 7) is 4.88. The number of rotatable bonds is 4. The first kappa shape index (κ1) is 15.5. The first-order valence-electron chi connectivity index (χ1n) is 7.19. The molecule has 1 saturated heterocycles. The van der Waals surface area contributed by atoms with Crippen LogP contribution in [0.3, 0.4) is 0 Å². The molecule has 0 aliphatic carbocycles. The minimum Gasteiger partial charge on any atom is -0.496 e. The van der Waals surface area contributed by atoms with Crippen LogP contribution in [0.15, 0.2) is 22.7 Å². The van der Waals surface area contributed by atoms with Gasteiger partial charge in [-0.05, 0) is 72.4 Å². The van der Waals surface area contributed by atoms with E-state index in [4.69, 9.17) is 4.74 Å². The van der Waals surface area contributed by atoms with Gasteiger partial charge in [-0.25, -0.2) is 0 Å². The number of methoxy groups -OCH3 is 1. The summed E-state index contributed by atoms with van der Waals surface area (Å²) in [5.74, 6) is 1.72. The number of benzene rings is 1. The molecule has 3 nitrogen and oxygen atoms in total. The number of carbonyl (C=O) groups is 1. The number of carbonyl (C=O) groups excluding carboxylic acids is 1. The van der Waals surface area contributed by atoms with Gasteiger partial charge in [0.05, 0.1) is 18.1 Å². The zero-order valence-corrected chi connectivity index (χ0v) is 13.8. The molecule has 1 unspecified atom stereocenters. The lowest BCUT2D eigenvalue weighted by Crippen LogP contribution is -2.31. The number of ether oxygens (including phenoxy) is 1. The third-order valence-corrected chi connectivity index (χ3v) is 4.57.